The van der Waals surface area contributed by atoms with Crippen molar-refractivity contribution in [1.82, 2.24) is 20.3 Å². The normalized spacial score (nSPS) is 11.6. The Labute approximate surface area is 191 Å². The lowest BCUT2D eigenvalue weighted by molar-refractivity contribution is 0.182. The molecule has 0 aliphatic heterocycles. The Bertz CT molecular complexity index is 1200. The maximum absolute atomic E-state index is 12.3. The predicted molar refractivity (Wildman–Crippen MR) is 126 cm³/mol. The van der Waals surface area contributed by atoms with E-state index in [2.05, 4.69) is 25.6 Å². The number of aryl methyl sites for hydroxylation is 1. The zero-order chi connectivity index (χ0) is 23.0. The number of aromatic nitrogens is 3. The van der Waals surface area contributed by atoms with Gasteiger partial charge in [0.05, 0.1) is 18.3 Å². The van der Waals surface area contributed by atoms with E-state index in [0.717, 1.165) is 27.9 Å². The van der Waals surface area contributed by atoms with Gasteiger partial charge in [-0.15, -0.1) is 0 Å². The smallest absolute Gasteiger partial charge is 0.394 e. The van der Waals surface area contributed by atoms with E-state index in [1.165, 1.54) is 0 Å². The number of nitrogens with one attached hydrogen (secondary N) is 3. The molecule has 8 heteroatoms. The molecule has 0 radical (unpaired) electrons. The van der Waals surface area contributed by atoms with Gasteiger partial charge in [0.2, 0.25) is 11.8 Å². The second kappa shape index (κ2) is 10.4. The highest BCUT2D eigenvalue weighted by molar-refractivity contribution is 5.72. The molecular formula is C25H25N5O3. The Balaban J connectivity index is 1.41. The summed E-state index contributed by atoms with van der Waals surface area (Å²) in [6, 6.07) is 20.4. The molecule has 4 rings (SSSR count). The number of ether oxygens (including phenoxy) is 1. The predicted octanol–water partition coefficient (Wildman–Crippen LogP) is 4.21. The van der Waals surface area contributed by atoms with E-state index in [0.29, 0.717) is 12.5 Å². The minimum Gasteiger partial charge on any atom is -0.394 e. The zero-order valence-electron chi connectivity index (χ0n) is 18.2. The highest BCUT2D eigenvalue weighted by Gasteiger charge is 2.16. The Morgan fingerprint density at radius 3 is 2.58 bits per heavy atom. The van der Waals surface area contributed by atoms with Crippen LogP contribution in [0.25, 0.3) is 11.3 Å². The summed E-state index contributed by atoms with van der Waals surface area (Å²) < 4.78 is 5.37. The van der Waals surface area contributed by atoms with Crippen LogP contribution in [-0.2, 0) is 6.54 Å². The number of carbonyl (C=O) groups excluding carboxylic acids is 1. The molecule has 0 bridgehead atoms. The monoisotopic (exact) mass is 443 g/mol. The van der Waals surface area contributed by atoms with Crippen molar-refractivity contribution in [3.05, 3.63) is 95.8 Å². The van der Waals surface area contributed by atoms with Crippen LogP contribution >= 0.6 is 0 Å². The van der Waals surface area contributed by atoms with Crippen LogP contribution in [-0.4, -0.2) is 32.8 Å². The molecule has 4 aromatic rings. The maximum Gasteiger partial charge on any atom is 0.414 e. The second-order valence-corrected chi connectivity index (χ2v) is 7.50. The zero-order valence-corrected chi connectivity index (χ0v) is 18.2. The van der Waals surface area contributed by atoms with Gasteiger partial charge in [0.25, 0.3) is 0 Å². The molecule has 8 nitrogen and oxygen atoms in total. The van der Waals surface area contributed by atoms with Gasteiger partial charge in [-0.3, -0.25) is 0 Å². The lowest BCUT2D eigenvalue weighted by Crippen LogP contribution is -2.33. The van der Waals surface area contributed by atoms with Crippen LogP contribution in [0.2, 0.25) is 0 Å². The van der Waals surface area contributed by atoms with Crippen LogP contribution in [0.1, 0.15) is 22.7 Å². The van der Waals surface area contributed by atoms with Crippen LogP contribution in [0.4, 0.5) is 10.7 Å². The molecule has 0 saturated carbocycles. The molecule has 0 fully saturated rings. The Kier molecular flexibility index (Phi) is 6.96. The molecule has 2 aromatic heterocycles. The first-order valence-corrected chi connectivity index (χ1v) is 10.6. The van der Waals surface area contributed by atoms with E-state index in [4.69, 9.17) is 4.74 Å². The minimum atomic E-state index is -0.670. The van der Waals surface area contributed by atoms with Crippen molar-refractivity contribution in [2.75, 3.05) is 11.9 Å². The van der Waals surface area contributed by atoms with Gasteiger partial charge in [0.15, 0.2) is 0 Å². The van der Waals surface area contributed by atoms with Gasteiger partial charge >= 0.3 is 6.09 Å². The van der Waals surface area contributed by atoms with Gasteiger partial charge in [-0.1, -0.05) is 60.7 Å². The number of hydrogen-bond donors (Lipinski definition) is 4. The summed E-state index contributed by atoms with van der Waals surface area (Å²) >= 11 is 0. The Hall–Kier alpha value is -4.17. The van der Waals surface area contributed by atoms with Crippen molar-refractivity contribution in [2.45, 2.75) is 19.5 Å². The van der Waals surface area contributed by atoms with E-state index < -0.39 is 12.1 Å². The van der Waals surface area contributed by atoms with Crippen LogP contribution in [0.5, 0.6) is 5.88 Å². The van der Waals surface area contributed by atoms with Crippen LogP contribution in [0, 0.1) is 6.92 Å². The van der Waals surface area contributed by atoms with Crippen LogP contribution in [0.3, 0.4) is 0 Å². The highest BCUT2D eigenvalue weighted by Crippen LogP contribution is 2.26. The van der Waals surface area contributed by atoms with E-state index in [1.807, 2.05) is 67.6 Å². The third kappa shape index (κ3) is 5.75. The Morgan fingerprint density at radius 1 is 1.12 bits per heavy atom. The summed E-state index contributed by atoms with van der Waals surface area (Å²) in [5.74, 6) is 0.776. The number of aliphatic hydroxyl groups excluding tert-OH is 1. The molecule has 2 heterocycles. The number of carbonyl (C=O) groups is 1. The second-order valence-electron chi connectivity index (χ2n) is 7.50. The fraction of sp³-hybridized carbons (Fsp3) is 0.160. The van der Waals surface area contributed by atoms with Crippen LogP contribution in [0.15, 0.2) is 79.1 Å². The van der Waals surface area contributed by atoms with Crippen molar-refractivity contribution in [1.29, 1.82) is 0 Å². The SMILES string of the molecule is Cc1cnc(NCc2ccccc2)nc1-c1c[nH]c(OC(=O)NC(CO)c2ccccc2)c1. The fourth-order valence-corrected chi connectivity index (χ4v) is 3.36. The number of amides is 1. The first kappa shape index (κ1) is 22.0. The molecule has 4 N–H and O–H groups in total. The average molecular weight is 444 g/mol. The first-order chi connectivity index (χ1) is 16.1. The van der Waals surface area contributed by atoms with Gasteiger partial charge in [0, 0.05) is 30.6 Å². The topological polar surface area (TPSA) is 112 Å². The quantitative estimate of drug-likeness (QED) is 0.324. The maximum atomic E-state index is 12.3. The largest absolute Gasteiger partial charge is 0.414 e. The van der Waals surface area contributed by atoms with E-state index in [9.17, 15) is 9.90 Å². The first-order valence-electron chi connectivity index (χ1n) is 10.6. The highest BCUT2D eigenvalue weighted by atomic mass is 16.6. The minimum absolute atomic E-state index is 0.242. The molecule has 1 amide bonds. The molecular weight excluding hydrogens is 418 g/mol. The molecule has 33 heavy (non-hydrogen) atoms. The van der Waals surface area contributed by atoms with Gasteiger partial charge in [0.1, 0.15) is 0 Å². The van der Waals surface area contributed by atoms with Gasteiger partial charge in [-0.2, -0.15) is 0 Å². The number of aliphatic hydroxyl groups is 1. The number of benzene rings is 2. The van der Waals surface area contributed by atoms with E-state index in [1.54, 1.807) is 18.5 Å². The molecule has 0 saturated heterocycles. The van der Waals surface area contributed by atoms with Gasteiger partial charge in [-0.05, 0) is 23.6 Å². The van der Waals surface area contributed by atoms with E-state index >= 15 is 0 Å². The van der Waals surface area contributed by atoms with Crippen molar-refractivity contribution >= 4 is 12.0 Å². The number of rotatable bonds is 8. The molecule has 1 atom stereocenters. The fourth-order valence-electron chi connectivity index (χ4n) is 3.36. The summed E-state index contributed by atoms with van der Waals surface area (Å²) in [5, 5.41) is 15.5. The summed E-state index contributed by atoms with van der Waals surface area (Å²) in [4.78, 5) is 24.3. The van der Waals surface area contributed by atoms with Crippen molar-refractivity contribution in [3.8, 4) is 17.1 Å². The van der Waals surface area contributed by atoms with Crippen molar-refractivity contribution in [2.24, 2.45) is 0 Å². The molecule has 0 aliphatic rings. The summed E-state index contributed by atoms with van der Waals surface area (Å²) in [6.45, 7) is 2.29. The molecule has 168 valence electrons. The van der Waals surface area contributed by atoms with Gasteiger partial charge in [-0.25, -0.2) is 14.8 Å². The van der Waals surface area contributed by atoms with Crippen molar-refractivity contribution in [3.63, 3.8) is 0 Å². The van der Waals surface area contributed by atoms with Crippen LogP contribution < -0.4 is 15.4 Å². The number of hydrogen-bond acceptors (Lipinski definition) is 6. The summed E-state index contributed by atoms with van der Waals surface area (Å²) in [5.41, 5.74) is 4.30. The average Bonchev–Trinajstić information content (AvgIpc) is 3.31. The number of aromatic amines is 1. The standard InChI is InChI=1S/C25H25N5O3/c1-17-13-27-24(28-14-18-8-4-2-5-9-18)30-23(17)20-12-22(26-15-20)33-25(32)29-21(16-31)19-10-6-3-7-11-19/h2-13,15,21,26,31H,14,16H2,1H3,(H,29,32)(H,27,28,30). The molecule has 0 spiro atoms. The number of nitrogens with zero attached hydrogens (tertiary/aromatic N) is 2. The third-order valence-electron chi connectivity index (χ3n) is 5.07. The van der Waals surface area contributed by atoms with E-state index in [-0.39, 0.29) is 12.5 Å². The molecule has 0 aliphatic carbocycles. The third-order valence-corrected chi connectivity index (χ3v) is 5.07. The summed E-state index contributed by atoms with van der Waals surface area (Å²) in [7, 11) is 0. The lowest BCUT2D eigenvalue weighted by Gasteiger charge is -2.15. The molecule has 1 unspecified atom stereocenters. The Morgan fingerprint density at radius 2 is 1.85 bits per heavy atom. The van der Waals surface area contributed by atoms with Crippen molar-refractivity contribution < 1.29 is 14.6 Å². The lowest BCUT2D eigenvalue weighted by atomic mass is 10.1. The van der Waals surface area contributed by atoms with Gasteiger partial charge < -0.3 is 25.5 Å². The molecule has 2 aromatic carbocycles. The number of anilines is 1. The summed E-state index contributed by atoms with van der Waals surface area (Å²) in [6.07, 6.45) is 2.80. The number of H-pyrrole nitrogens is 1.